The van der Waals surface area contributed by atoms with E-state index >= 15 is 0 Å². The zero-order chi connectivity index (χ0) is 14.5. The maximum absolute atomic E-state index is 4.66. The minimum atomic E-state index is 0.109. The molecule has 2 rings (SSSR count). The van der Waals surface area contributed by atoms with Crippen LogP contribution in [-0.2, 0) is 6.54 Å². The standard InChI is InChI=1S/C16H24N4/c1-5-8-17-16(14-7-9-19-20(14)6-2)15-13(4)10-12(3)11-18-15/h7,9-11,16-17H,5-6,8H2,1-4H3. The van der Waals surface area contributed by atoms with E-state index in [1.807, 2.05) is 17.1 Å². The van der Waals surface area contributed by atoms with Gasteiger partial charge in [-0.2, -0.15) is 5.10 Å². The van der Waals surface area contributed by atoms with Gasteiger partial charge < -0.3 is 5.32 Å². The van der Waals surface area contributed by atoms with Crippen molar-refractivity contribution in [2.75, 3.05) is 6.54 Å². The van der Waals surface area contributed by atoms with E-state index < -0.39 is 0 Å². The molecule has 20 heavy (non-hydrogen) atoms. The van der Waals surface area contributed by atoms with E-state index in [0.717, 1.165) is 25.2 Å². The lowest BCUT2D eigenvalue weighted by Gasteiger charge is -2.21. The second kappa shape index (κ2) is 6.66. The smallest absolute Gasteiger partial charge is 0.0924 e. The zero-order valence-corrected chi connectivity index (χ0v) is 12.8. The summed E-state index contributed by atoms with van der Waals surface area (Å²) in [5, 5.41) is 7.99. The molecule has 2 aromatic heterocycles. The van der Waals surface area contributed by atoms with Gasteiger partial charge in [-0.1, -0.05) is 13.0 Å². The molecule has 0 amide bonds. The van der Waals surface area contributed by atoms with Gasteiger partial charge in [0, 0.05) is 18.9 Å². The Hall–Kier alpha value is -1.68. The van der Waals surface area contributed by atoms with Crippen LogP contribution in [0.3, 0.4) is 0 Å². The number of nitrogens with zero attached hydrogens (tertiary/aromatic N) is 3. The molecule has 1 N–H and O–H groups in total. The Bertz CT molecular complexity index is 559. The van der Waals surface area contributed by atoms with Crippen LogP contribution in [-0.4, -0.2) is 21.3 Å². The average Bonchev–Trinajstić information content (AvgIpc) is 2.89. The largest absolute Gasteiger partial charge is 0.304 e. The molecule has 0 fully saturated rings. The number of rotatable bonds is 6. The number of hydrogen-bond acceptors (Lipinski definition) is 3. The molecule has 108 valence electrons. The van der Waals surface area contributed by atoms with Crippen LogP contribution in [0.2, 0.25) is 0 Å². The third-order valence-electron chi connectivity index (χ3n) is 3.47. The maximum Gasteiger partial charge on any atom is 0.0924 e. The van der Waals surface area contributed by atoms with Crippen molar-refractivity contribution in [3.63, 3.8) is 0 Å². The molecule has 0 aromatic carbocycles. The van der Waals surface area contributed by atoms with E-state index in [4.69, 9.17) is 0 Å². The van der Waals surface area contributed by atoms with Crippen molar-refractivity contribution in [1.82, 2.24) is 20.1 Å². The highest BCUT2D eigenvalue weighted by molar-refractivity contribution is 5.31. The third kappa shape index (κ3) is 3.07. The monoisotopic (exact) mass is 272 g/mol. The molecular formula is C16H24N4. The fourth-order valence-electron chi connectivity index (χ4n) is 2.51. The lowest BCUT2D eigenvalue weighted by Crippen LogP contribution is -2.27. The summed E-state index contributed by atoms with van der Waals surface area (Å²) in [6.45, 7) is 10.3. The fourth-order valence-corrected chi connectivity index (χ4v) is 2.51. The van der Waals surface area contributed by atoms with Gasteiger partial charge in [0.1, 0.15) is 0 Å². The predicted octanol–water partition coefficient (Wildman–Crippen LogP) is 3.00. The molecule has 1 unspecified atom stereocenters. The van der Waals surface area contributed by atoms with Gasteiger partial charge >= 0.3 is 0 Å². The zero-order valence-electron chi connectivity index (χ0n) is 12.8. The summed E-state index contributed by atoms with van der Waals surface area (Å²) in [4.78, 5) is 4.66. The van der Waals surface area contributed by atoms with Gasteiger partial charge in [0.15, 0.2) is 0 Å². The molecule has 0 radical (unpaired) electrons. The second-order valence-corrected chi connectivity index (χ2v) is 5.17. The summed E-state index contributed by atoms with van der Waals surface area (Å²) < 4.78 is 2.04. The Morgan fingerprint density at radius 2 is 2.10 bits per heavy atom. The normalized spacial score (nSPS) is 12.6. The fraction of sp³-hybridized carbons (Fsp3) is 0.500. The lowest BCUT2D eigenvalue weighted by molar-refractivity contribution is 0.520. The van der Waals surface area contributed by atoms with Crippen molar-refractivity contribution in [2.45, 2.75) is 46.7 Å². The molecule has 0 aliphatic rings. The van der Waals surface area contributed by atoms with E-state index in [1.165, 1.54) is 16.8 Å². The molecular weight excluding hydrogens is 248 g/mol. The number of pyridine rings is 1. The van der Waals surface area contributed by atoms with Gasteiger partial charge in [0.05, 0.1) is 17.4 Å². The van der Waals surface area contributed by atoms with Crippen molar-refractivity contribution >= 4 is 0 Å². The van der Waals surface area contributed by atoms with Crippen LogP contribution in [0.25, 0.3) is 0 Å². The van der Waals surface area contributed by atoms with Crippen molar-refractivity contribution in [3.8, 4) is 0 Å². The van der Waals surface area contributed by atoms with Crippen LogP contribution in [0.4, 0.5) is 0 Å². The molecule has 0 saturated heterocycles. The first-order chi connectivity index (χ1) is 9.67. The van der Waals surface area contributed by atoms with Gasteiger partial charge in [-0.15, -0.1) is 0 Å². The van der Waals surface area contributed by atoms with E-state index in [9.17, 15) is 0 Å². The molecule has 0 spiro atoms. The van der Waals surface area contributed by atoms with Crippen molar-refractivity contribution in [1.29, 1.82) is 0 Å². The Balaban J connectivity index is 2.41. The molecule has 2 aromatic rings. The summed E-state index contributed by atoms with van der Waals surface area (Å²) in [5.74, 6) is 0. The van der Waals surface area contributed by atoms with E-state index in [1.54, 1.807) is 0 Å². The lowest BCUT2D eigenvalue weighted by atomic mass is 10.0. The number of aryl methyl sites for hydroxylation is 3. The first kappa shape index (κ1) is 14.7. The molecule has 4 heteroatoms. The number of aromatic nitrogens is 3. The summed E-state index contributed by atoms with van der Waals surface area (Å²) in [6, 6.07) is 4.38. The Morgan fingerprint density at radius 1 is 1.30 bits per heavy atom. The van der Waals surface area contributed by atoms with Crippen LogP contribution >= 0.6 is 0 Å². The summed E-state index contributed by atoms with van der Waals surface area (Å²) in [5.41, 5.74) is 4.70. The quantitative estimate of drug-likeness (QED) is 0.879. The number of nitrogens with one attached hydrogen (secondary N) is 1. The topological polar surface area (TPSA) is 42.7 Å². The van der Waals surface area contributed by atoms with Crippen molar-refractivity contribution in [3.05, 3.63) is 47.0 Å². The minimum Gasteiger partial charge on any atom is -0.304 e. The highest BCUT2D eigenvalue weighted by Crippen LogP contribution is 2.23. The Morgan fingerprint density at radius 3 is 2.75 bits per heavy atom. The Labute approximate surface area is 121 Å². The molecule has 1 atom stereocenters. The molecule has 0 bridgehead atoms. The van der Waals surface area contributed by atoms with Gasteiger partial charge in [0.25, 0.3) is 0 Å². The third-order valence-corrected chi connectivity index (χ3v) is 3.47. The van der Waals surface area contributed by atoms with E-state index in [-0.39, 0.29) is 6.04 Å². The van der Waals surface area contributed by atoms with Crippen LogP contribution < -0.4 is 5.32 Å². The molecule has 0 aliphatic heterocycles. The van der Waals surface area contributed by atoms with E-state index in [2.05, 4.69) is 55.2 Å². The summed E-state index contributed by atoms with van der Waals surface area (Å²) >= 11 is 0. The van der Waals surface area contributed by atoms with Crippen molar-refractivity contribution < 1.29 is 0 Å². The second-order valence-electron chi connectivity index (χ2n) is 5.17. The Kier molecular flexibility index (Phi) is 4.90. The summed E-state index contributed by atoms with van der Waals surface area (Å²) in [7, 11) is 0. The minimum absolute atomic E-state index is 0.109. The summed E-state index contributed by atoms with van der Waals surface area (Å²) in [6.07, 6.45) is 4.90. The molecule has 4 nitrogen and oxygen atoms in total. The van der Waals surface area contributed by atoms with Crippen LogP contribution in [0, 0.1) is 13.8 Å². The maximum atomic E-state index is 4.66. The highest BCUT2D eigenvalue weighted by atomic mass is 15.3. The van der Waals surface area contributed by atoms with Crippen LogP contribution in [0.5, 0.6) is 0 Å². The average molecular weight is 272 g/mol. The van der Waals surface area contributed by atoms with Crippen molar-refractivity contribution in [2.24, 2.45) is 0 Å². The first-order valence-corrected chi connectivity index (χ1v) is 7.35. The van der Waals surface area contributed by atoms with E-state index in [0.29, 0.717) is 0 Å². The first-order valence-electron chi connectivity index (χ1n) is 7.35. The van der Waals surface area contributed by atoms with Gasteiger partial charge in [0.2, 0.25) is 0 Å². The van der Waals surface area contributed by atoms with Gasteiger partial charge in [-0.25, -0.2) is 0 Å². The van der Waals surface area contributed by atoms with Crippen LogP contribution in [0.1, 0.15) is 48.8 Å². The number of hydrogen-bond donors (Lipinski definition) is 1. The van der Waals surface area contributed by atoms with Gasteiger partial charge in [-0.05, 0) is 50.9 Å². The molecule has 2 heterocycles. The molecule has 0 aliphatic carbocycles. The SMILES string of the molecule is CCCNC(c1ncc(C)cc1C)c1ccnn1CC. The van der Waals surface area contributed by atoms with Gasteiger partial charge in [-0.3, -0.25) is 9.67 Å². The highest BCUT2D eigenvalue weighted by Gasteiger charge is 2.20. The van der Waals surface area contributed by atoms with Crippen LogP contribution in [0.15, 0.2) is 24.5 Å². The molecule has 0 saturated carbocycles. The predicted molar refractivity (Wildman–Crippen MR) is 81.7 cm³/mol.